The van der Waals surface area contributed by atoms with Crippen LogP contribution in [0.25, 0.3) is 0 Å². The maximum Gasteiger partial charge on any atom is 0.226 e. The van der Waals surface area contributed by atoms with Crippen molar-refractivity contribution in [3.8, 4) is 5.75 Å². The first-order valence-electron chi connectivity index (χ1n) is 8.73. The van der Waals surface area contributed by atoms with E-state index in [2.05, 4.69) is 20.4 Å². The Hall–Kier alpha value is -2.63. The molecule has 2 aromatic rings. The van der Waals surface area contributed by atoms with E-state index in [9.17, 15) is 4.79 Å². The second kappa shape index (κ2) is 6.70. The average Bonchev–Trinajstić information content (AvgIpc) is 2.61. The highest BCUT2D eigenvalue weighted by Gasteiger charge is 2.30. The number of benzene rings is 1. The molecule has 0 bridgehead atoms. The zero-order chi connectivity index (χ0) is 17.2. The third kappa shape index (κ3) is 3.43. The first kappa shape index (κ1) is 15.9. The minimum absolute atomic E-state index is 0.0862. The highest BCUT2D eigenvalue weighted by atomic mass is 16.5. The zero-order valence-corrected chi connectivity index (χ0v) is 14.3. The molecule has 0 radical (unpaired) electrons. The van der Waals surface area contributed by atoms with Gasteiger partial charge < -0.3 is 15.0 Å². The maximum atomic E-state index is 12.4. The number of carbonyl (C=O) groups excluding carboxylic acids is 1. The quantitative estimate of drug-likeness (QED) is 0.917. The van der Waals surface area contributed by atoms with Crippen LogP contribution in [0.1, 0.15) is 11.3 Å². The van der Waals surface area contributed by atoms with Crippen LogP contribution >= 0.6 is 0 Å². The normalized spacial score (nSPS) is 19.6. The molecule has 1 amide bonds. The summed E-state index contributed by atoms with van der Waals surface area (Å²) in [7, 11) is 0. The first-order valence-corrected chi connectivity index (χ1v) is 8.73. The van der Waals surface area contributed by atoms with E-state index in [1.807, 2.05) is 43.3 Å². The van der Waals surface area contributed by atoms with E-state index in [1.54, 1.807) is 0 Å². The summed E-state index contributed by atoms with van der Waals surface area (Å²) in [5, 5.41) is 11.4. The molecular formula is C19H22N4O2. The molecule has 1 aromatic carbocycles. The standard InChI is InChI=1S/C19H22N4O2/c1-13-6-7-18(22-21-13)23-10-14(11-23)9-20-19(24)16-8-15-4-2-3-5-17(15)25-12-16/h2-7,14,16H,8-12H2,1H3,(H,20,24). The van der Waals surface area contributed by atoms with Gasteiger partial charge in [-0.05, 0) is 37.1 Å². The van der Waals surface area contributed by atoms with E-state index in [0.717, 1.165) is 42.3 Å². The zero-order valence-electron chi connectivity index (χ0n) is 14.3. The van der Waals surface area contributed by atoms with Gasteiger partial charge in [0, 0.05) is 25.6 Å². The molecule has 2 aliphatic rings. The number of hydrogen-bond donors (Lipinski definition) is 1. The van der Waals surface area contributed by atoms with Gasteiger partial charge in [-0.3, -0.25) is 4.79 Å². The van der Waals surface area contributed by atoms with Crippen LogP contribution in [0.4, 0.5) is 5.82 Å². The van der Waals surface area contributed by atoms with Crippen molar-refractivity contribution in [2.45, 2.75) is 13.3 Å². The molecule has 0 aliphatic carbocycles. The smallest absolute Gasteiger partial charge is 0.226 e. The number of nitrogens with one attached hydrogen (secondary N) is 1. The molecule has 1 atom stereocenters. The van der Waals surface area contributed by atoms with E-state index in [4.69, 9.17) is 4.74 Å². The van der Waals surface area contributed by atoms with E-state index in [1.165, 1.54) is 0 Å². The largest absolute Gasteiger partial charge is 0.492 e. The van der Waals surface area contributed by atoms with Crippen LogP contribution in [0.5, 0.6) is 5.75 Å². The maximum absolute atomic E-state index is 12.4. The topological polar surface area (TPSA) is 67.4 Å². The van der Waals surface area contributed by atoms with Crippen LogP contribution in [-0.4, -0.2) is 42.3 Å². The number of carbonyl (C=O) groups is 1. The predicted molar refractivity (Wildman–Crippen MR) is 94.6 cm³/mol. The molecule has 2 aliphatic heterocycles. The average molecular weight is 338 g/mol. The summed E-state index contributed by atoms with van der Waals surface area (Å²) in [6.45, 7) is 4.90. The fourth-order valence-corrected chi connectivity index (χ4v) is 3.33. The number of ether oxygens (including phenoxy) is 1. The van der Waals surface area contributed by atoms with Gasteiger partial charge in [0.25, 0.3) is 0 Å². The van der Waals surface area contributed by atoms with Gasteiger partial charge in [0.1, 0.15) is 12.4 Å². The lowest BCUT2D eigenvalue weighted by Gasteiger charge is -2.40. The van der Waals surface area contributed by atoms with Gasteiger partial charge in [0.15, 0.2) is 5.82 Å². The summed E-state index contributed by atoms with van der Waals surface area (Å²) in [6, 6.07) is 11.9. The lowest BCUT2D eigenvalue weighted by atomic mass is 9.95. The van der Waals surface area contributed by atoms with Gasteiger partial charge in [-0.25, -0.2) is 0 Å². The highest BCUT2D eigenvalue weighted by molar-refractivity contribution is 5.79. The van der Waals surface area contributed by atoms with Crippen LogP contribution in [0.3, 0.4) is 0 Å². The lowest BCUT2D eigenvalue weighted by Crippen LogP contribution is -2.52. The van der Waals surface area contributed by atoms with Gasteiger partial charge in [-0.1, -0.05) is 18.2 Å². The fraction of sp³-hybridized carbons (Fsp3) is 0.421. The van der Waals surface area contributed by atoms with Crippen LogP contribution in [0.2, 0.25) is 0 Å². The van der Waals surface area contributed by atoms with Crippen molar-refractivity contribution in [1.82, 2.24) is 15.5 Å². The molecule has 4 rings (SSSR count). The van der Waals surface area contributed by atoms with Gasteiger partial charge in [0.2, 0.25) is 5.91 Å². The minimum atomic E-state index is -0.103. The fourth-order valence-electron chi connectivity index (χ4n) is 3.33. The molecule has 25 heavy (non-hydrogen) atoms. The number of fused-ring (bicyclic) bond motifs is 1. The number of amides is 1. The Kier molecular flexibility index (Phi) is 4.26. The van der Waals surface area contributed by atoms with Crippen molar-refractivity contribution in [1.29, 1.82) is 0 Å². The molecule has 130 valence electrons. The highest BCUT2D eigenvalue weighted by Crippen LogP contribution is 2.27. The van der Waals surface area contributed by atoms with Gasteiger partial charge in [0.05, 0.1) is 11.6 Å². The summed E-state index contributed by atoms with van der Waals surface area (Å²) < 4.78 is 5.70. The minimum Gasteiger partial charge on any atom is -0.492 e. The molecule has 1 saturated heterocycles. The third-order valence-corrected chi connectivity index (χ3v) is 4.88. The number of anilines is 1. The Morgan fingerprint density at radius 3 is 2.88 bits per heavy atom. The third-order valence-electron chi connectivity index (χ3n) is 4.88. The van der Waals surface area contributed by atoms with Crippen LogP contribution in [0, 0.1) is 18.8 Å². The van der Waals surface area contributed by atoms with Crippen molar-refractivity contribution >= 4 is 11.7 Å². The van der Waals surface area contributed by atoms with Crippen molar-refractivity contribution in [3.05, 3.63) is 47.7 Å². The summed E-state index contributed by atoms with van der Waals surface area (Å²) in [4.78, 5) is 14.6. The number of nitrogens with zero attached hydrogens (tertiary/aromatic N) is 3. The SMILES string of the molecule is Cc1ccc(N2CC(CNC(=O)C3COc4ccccc4C3)C2)nn1. The molecule has 1 N–H and O–H groups in total. The number of aryl methyl sites for hydroxylation is 1. The molecular weight excluding hydrogens is 316 g/mol. The Balaban J connectivity index is 1.23. The van der Waals surface area contributed by atoms with Gasteiger partial charge >= 0.3 is 0 Å². The van der Waals surface area contributed by atoms with E-state index >= 15 is 0 Å². The summed E-state index contributed by atoms with van der Waals surface area (Å²) in [6.07, 6.45) is 0.748. The van der Waals surface area contributed by atoms with Crippen molar-refractivity contribution < 1.29 is 9.53 Å². The number of aromatic nitrogens is 2. The Bertz CT molecular complexity index is 756. The summed E-state index contributed by atoms with van der Waals surface area (Å²) in [5.41, 5.74) is 2.03. The molecule has 6 nitrogen and oxygen atoms in total. The molecule has 1 aromatic heterocycles. The van der Waals surface area contributed by atoms with E-state index in [-0.39, 0.29) is 11.8 Å². The van der Waals surface area contributed by atoms with Gasteiger partial charge in [-0.15, -0.1) is 5.10 Å². The molecule has 3 heterocycles. The monoisotopic (exact) mass is 338 g/mol. The first-order chi connectivity index (χ1) is 12.2. The molecule has 1 fully saturated rings. The van der Waals surface area contributed by atoms with Crippen molar-refractivity contribution in [2.24, 2.45) is 11.8 Å². The second-order valence-electron chi connectivity index (χ2n) is 6.87. The summed E-state index contributed by atoms with van der Waals surface area (Å²) in [5.74, 6) is 2.26. The van der Waals surface area contributed by atoms with Crippen molar-refractivity contribution in [3.63, 3.8) is 0 Å². The Morgan fingerprint density at radius 2 is 2.08 bits per heavy atom. The van der Waals surface area contributed by atoms with Crippen LogP contribution in [-0.2, 0) is 11.2 Å². The Labute approximate surface area is 147 Å². The predicted octanol–water partition coefficient (Wildman–Crippen LogP) is 1.59. The number of hydrogen-bond acceptors (Lipinski definition) is 5. The molecule has 0 spiro atoms. The second-order valence-corrected chi connectivity index (χ2v) is 6.87. The van der Waals surface area contributed by atoms with Crippen LogP contribution < -0.4 is 15.0 Å². The van der Waals surface area contributed by atoms with Crippen molar-refractivity contribution in [2.75, 3.05) is 31.1 Å². The number of para-hydroxylation sites is 1. The number of rotatable bonds is 4. The molecule has 0 saturated carbocycles. The lowest BCUT2D eigenvalue weighted by molar-refractivity contribution is -0.126. The summed E-state index contributed by atoms with van der Waals surface area (Å²) >= 11 is 0. The molecule has 6 heteroatoms. The Morgan fingerprint density at radius 1 is 1.24 bits per heavy atom. The van der Waals surface area contributed by atoms with E-state index < -0.39 is 0 Å². The van der Waals surface area contributed by atoms with Gasteiger partial charge in [-0.2, -0.15) is 5.10 Å². The molecule has 1 unspecified atom stereocenters. The van der Waals surface area contributed by atoms with Crippen LogP contribution in [0.15, 0.2) is 36.4 Å². The van der Waals surface area contributed by atoms with E-state index in [0.29, 0.717) is 19.1 Å².